The quantitative estimate of drug-likeness (QED) is 0.389. The number of fused-ring (bicyclic) bond motifs is 1. The first-order chi connectivity index (χ1) is 19.7. The molecule has 1 unspecified atom stereocenters. The minimum Gasteiger partial charge on any atom is -0.422 e. The molecule has 6 rings (SSSR count). The molecule has 0 spiro atoms. The summed E-state index contributed by atoms with van der Waals surface area (Å²) in [5, 5.41) is 1.65. The molecule has 3 aliphatic rings. The molecule has 1 aromatic heterocycles. The molecule has 0 saturated carbocycles. The summed E-state index contributed by atoms with van der Waals surface area (Å²) < 4.78 is 34.8. The molecule has 232 valence electrons. The summed E-state index contributed by atoms with van der Waals surface area (Å²) in [6, 6.07) is 17.4. The van der Waals surface area contributed by atoms with Crippen molar-refractivity contribution in [3.05, 3.63) is 82.7 Å². The second-order valence-corrected chi connectivity index (χ2v) is 13.9. The van der Waals surface area contributed by atoms with Crippen molar-refractivity contribution in [1.82, 2.24) is 14.7 Å². The highest BCUT2D eigenvalue weighted by Gasteiger charge is 2.60. The number of nitrogens with zero attached hydrogens (tertiary/aromatic N) is 4. The fourth-order valence-corrected chi connectivity index (χ4v) is 8.78. The summed E-state index contributed by atoms with van der Waals surface area (Å²) in [4.78, 5) is 34.8. The maximum absolute atomic E-state index is 14.5. The van der Waals surface area contributed by atoms with E-state index in [9.17, 15) is 18.0 Å². The number of para-hydroxylation sites is 1. The molecule has 0 bridgehead atoms. The molecule has 2 saturated heterocycles. The maximum Gasteiger partial charge on any atom is 0.411 e. The SMILES string of the molecule is Cc1ccccc1C1(OC(=O)N2CCN(C3CCN(C)CC3)CC2)C(=O)N(S(=O)(=O)c2cccs2)c2ccccc21.Cl.Cl. The predicted octanol–water partition coefficient (Wildman–Crippen LogP) is 4.73. The molecular weight excluding hydrogens is 631 g/mol. The molecule has 3 aliphatic heterocycles. The Bertz CT molecular complexity index is 1560. The summed E-state index contributed by atoms with van der Waals surface area (Å²) in [7, 11) is -2.10. The number of amides is 2. The van der Waals surface area contributed by atoms with Crippen LogP contribution < -0.4 is 4.31 Å². The van der Waals surface area contributed by atoms with E-state index >= 15 is 0 Å². The van der Waals surface area contributed by atoms with Gasteiger partial charge in [-0.15, -0.1) is 36.2 Å². The Balaban J connectivity index is 0.00000212. The number of sulfonamides is 1. The van der Waals surface area contributed by atoms with Crippen molar-refractivity contribution in [1.29, 1.82) is 0 Å². The number of piperazine rings is 1. The third-order valence-corrected chi connectivity index (χ3v) is 11.6. The second kappa shape index (κ2) is 13.1. The fourth-order valence-electron chi connectivity index (χ4n) is 6.26. The van der Waals surface area contributed by atoms with Gasteiger partial charge in [-0.05, 0) is 63.0 Å². The van der Waals surface area contributed by atoms with Crippen molar-refractivity contribution in [2.45, 2.75) is 35.6 Å². The zero-order chi connectivity index (χ0) is 28.8. The van der Waals surface area contributed by atoms with E-state index in [4.69, 9.17) is 4.74 Å². The van der Waals surface area contributed by atoms with Crippen LogP contribution in [0, 0.1) is 6.92 Å². The van der Waals surface area contributed by atoms with Gasteiger partial charge in [0, 0.05) is 43.3 Å². The molecule has 3 aromatic rings. The van der Waals surface area contributed by atoms with Crippen molar-refractivity contribution in [2.24, 2.45) is 0 Å². The zero-order valence-electron chi connectivity index (χ0n) is 24.0. The van der Waals surface area contributed by atoms with E-state index in [1.165, 1.54) is 6.07 Å². The van der Waals surface area contributed by atoms with Crippen LogP contribution in [0.2, 0.25) is 0 Å². The summed E-state index contributed by atoms with van der Waals surface area (Å²) in [5.74, 6) is -0.820. The van der Waals surface area contributed by atoms with Crippen LogP contribution in [-0.4, -0.2) is 87.5 Å². The summed E-state index contributed by atoms with van der Waals surface area (Å²) in [6.07, 6.45) is 1.59. The van der Waals surface area contributed by atoms with Crippen molar-refractivity contribution in [2.75, 3.05) is 50.6 Å². The molecule has 0 radical (unpaired) electrons. The molecule has 43 heavy (non-hydrogen) atoms. The van der Waals surface area contributed by atoms with Crippen molar-refractivity contribution in [3.63, 3.8) is 0 Å². The van der Waals surface area contributed by atoms with Gasteiger partial charge in [0.15, 0.2) is 0 Å². The van der Waals surface area contributed by atoms with Gasteiger partial charge in [-0.3, -0.25) is 9.69 Å². The van der Waals surface area contributed by atoms with Gasteiger partial charge in [-0.2, -0.15) is 12.7 Å². The smallest absolute Gasteiger partial charge is 0.411 e. The molecule has 2 aromatic carbocycles. The molecular formula is C30H36Cl2N4O5S2. The predicted molar refractivity (Wildman–Crippen MR) is 172 cm³/mol. The van der Waals surface area contributed by atoms with E-state index in [2.05, 4.69) is 16.8 Å². The van der Waals surface area contributed by atoms with Crippen LogP contribution in [0.3, 0.4) is 0 Å². The lowest BCUT2D eigenvalue weighted by Gasteiger charge is -2.42. The lowest BCUT2D eigenvalue weighted by molar-refractivity contribution is -0.132. The van der Waals surface area contributed by atoms with E-state index in [0.29, 0.717) is 35.8 Å². The molecule has 4 heterocycles. The Labute approximate surface area is 269 Å². The van der Waals surface area contributed by atoms with Gasteiger partial charge in [-0.25, -0.2) is 4.79 Å². The minimum atomic E-state index is -4.25. The number of benzene rings is 2. The van der Waals surface area contributed by atoms with Gasteiger partial charge in [-0.1, -0.05) is 48.5 Å². The lowest BCUT2D eigenvalue weighted by atomic mass is 9.84. The van der Waals surface area contributed by atoms with E-state index in [0.717, 1.165) is 54.7 Å². The average molecular weight is 668 g/mol. The highest BCUT2D eigenvalue weighted by atomic mass is 35.5. The number of rotatable bonds is 5. The summed E-state index contributed by atoms with van der Waals surface area (Å²) in [5.41, 5.74) is -0.272. The Kier molecular flexibility index (Phi) is 10.1. The number of halogens is 2. The van der Waals surface area contributed by atoms with Crippen LogP contribution in [0.15, 0.2) is 70.3 Å². The van der Waals surface area contributed by atoms with Gasteiger partial charge in [0.2, 0.25) is 5.60 Å². The van der Waals surface area contributed by atoms with Crippen LogP contribution in [0.1, 0.15) is 29.5 Å². The molecule has 0 N–H and O–H groups in total. The lowest BCUT2D eigenvalue weighted by Crippen LogP contribution is -2.55. The zero-order valence-corrected chi connectivity index (χ0v) is 27.3. The second-order valence-electron chi connectivity index (χ2n) is 10.9. The van der Waals surface area contributed by atoms with Gasteiger partial charge >= 0.3 is 6.09 Å². The van der Waals surface area contributed by atoms with Gasteiger partial charge in [0.1, 0.15) is 4.21 Å². The van der Waals surface area contributed by atoms with E-state index in [1.807, 2.05) is 19.1 Å². The minimum absolute atomic E-state index is 0. The number of aryl methyl sites for hydroxylation is 1. The van der Waals surface area contributed by atoms with Crippen LogP contribution in [0.5, 0.6) is 0 Å². The van der Waals surface area contributed by atoms with E-state index in [1.54, 1.807) is 52.7 Å². The molecule has 13 heteroatoms. The van der Waals surface area contributed by atoms with Gasteiger partial charge in [0.25, 0.3) is 15.9 Å². The largest absolute Gasteiger partial charge is 0.422 e. The Morgan fingerprint density at radius 3 is 2.14 bits per heavy atom. The summed E-state index contributed by atoms with van der Waals surface area (Å²) >= 11 is 1.04. The number of anilines is 1. The third-order valence-electron chi connectivity index (χ3n) is 8.52. The normalized spacial score (nSPS) is 21.6. The molecule has 2 amide bonds. The van der Waals surface area contributed by atoms with Crippen molar-refractivity contribution < 1.29 is 22.7 Å². The standard InChI is InChI=1S/C30H34N4O5S2.2ClH/c1-22-8-3-4-9-24(22)30(39-29(36)33-19-17-32(18-20-33)23-13-15-31(2)16-14-23)25-10-5-6-11-26(25)34(28(30)35)41(37,38)27-12-7-21-40-27;;/h3-12,21,23H,13-20H2,1-2H3;2*1H. The Morgan fingerprint density at radius 2 is 1.51 bits per heavy atom. The van der Waals surface area contributed by atoms with Crippen LogP contribution in [0.25, 0.3) is 0 Å². The molecule has 2 fully saturated rings. The van der Waals surface area contributed by atoms with E-state index < -0.39 is 27.6 Å². The first-order valence-electron chi connectivity index (χ1n) is 13.9. The number of piperidine rings is 1. The topological polar surface area (TPSA) is 90.5 Å². The molecule has 1 atom stereocenters. The molecule has 0 aliphatic carbocycles. The number of ether oxygens (including phenoxy) is 1. The van der Waals surface area contributed by atoms with Crippen LogP contribution in [0.4, 0.5) is 10.5 Å². The number of carbonyl (C=O) groups excluding carboxylic acids is 2. The summed E-state index contributed by atoms with van der Waals surface area (Å²) in [6.45, 7) is 6.37. The number of hydrogen-bond donors (Lipinski definition) is 0. The van der Waals surface area contributed by atoms with Crippen molar-refractivity contribution in [3.8, 4) is 0 Å². The van der Waals surface area contributed by atoms with Crippen molar-refractivity contribution >= 4 is 63.9 Å². The van der Waals surface area contributed by atoms with Gasteiger partial charge < -0.3 is 14.5 Å². The first-order valence-corrected chi connectivity index (χ1v) is 16.2. The van der Waals surface area contributed by atoms with Crippen LogP contribution >= 0.6 is 36.2 Å². The average Bonchev–Trinajstić information content (AvgIpc) is 3.61. The Morgan fingerprint density at radius 1 is 0.884 bits per heavy atom. The van der Waals surface area contributed by atoms with E-state index in [-0.39, 0.29) is 34.7 Å². The molecule has 9 nitrogen and oxygen atoms in total. The number of carbonyl (C=O) groups is 2. The number of likely N-dealkylation sites (tertiary alicyclic amines) is 1. The number of hydrogen-bond acceptors (Lipinski definition) is 8. The highest BCUT2D eigenvalue weighted by molar-refractivity contribution is 7.95. The highest BCUT2D eigenvalue weighted by Crippen LogP contribution is 2.50. The Hall–Kier alpha value is -2.67. The fraction of sp³-hybridized carbons (Fsp3) is 0.400. The van der Waals surface area contributed by atoms with Crippen LogP contribution in [-0.2, 0) is 25.2 Å². The maximum atomic E-state index is 14.5. The van der Waals surface area contributed by atoms with Gasteiger partial charge in [0.05, 0.1) is 5.69 Å². The number of thiophene rings is 1. The monoisotopic (exact) mass is 666 g/mol. The third kappa shape index (κ3) is 5.79. The first kappa shape index (κ1) is 33.2.